The van der Waals surface area contributed by atoms with Crippen LogP contribution in [0.4, 0.5) is 4.79 Å². The topological polar surface area (TPSA) is 55.4 Å². The number of nitrogens with one attached hydrogen (secondary N) is 1. The van der Waals surface area contributed by atoms with Crippen LogP contribution < -0.4 is 56.7 Å². The van der Waals surface area contributed by atoms with Crippen molar-refractivity contribution in [1.82, 2.24) is 5.32 Å². The van der Waals surface area contributed by atoms with E-state index in [4.69, 9.17) is 4.74 Å². The number of cyclic esters (lactones) is 1. The third-order valence-electron chi connectivity index (χ3n) is 1.79. The van der Waals surface area contributed by atoms with Crippen molar-refractivity contribution in [3.63, 3.8) is 0 Å². The van der Waals surface area contributed by atoms with Crippen LogP contribution in [0.2, 0.25) is 0 Å². The SMILES string of the molecule is O=C1NC(=O)C(c2ccccc2)O1.[H-].[K+]. The summed E-state index contributed by atoms with van der Waals surface area (Å²) in [5.41, 5.74) is 0.686. The molecule has 0 saturated carbocycles. The second-order valence-electron chi connectivity index (χ2n) is 2.69. The average Bonchev–Trinajstić information content (AvgIpc) is 2.47. The van der Waals surface area contributed by atoms with Gasteiger partial charge in [-0.15, -0.1) is 0 Å². The van der Waals surface area contributed by atoms with Crippen molar-refractivity contribution in [2.24, 2.45) is 0 Å². The fourth-order valence-electron chi connectivity index (χ4n) is 1.20. The summed E-state index contributed by atoms with van der Waals surface area (Å²) in [6.07, 6.45) is -1.47. The van der Waals surface area contributed by atoms with Gasteiger partial charge in [-0.1, -0.05) is 30.3 Å². The van der Waals surface area contributed by atoms with Crippen molar-refractivity contribution in [3.05, 3.63) is 35.9 Å². The summed E-state index contributed by atoms with van der Waals surface area (Å²) in [6.45, 7) is 0. The molecular formula is C9H8KNO3. The largest absolute Gasteiger partial charge is 1.00 e. The van der Waals surface area contributed by atoms with Crippen molar-refractivity contribution in [2.75, 3.05) is 0 Å². The van der Waals surface area contributed by atoms with E-state index in [0.717, 1.165) is 0 Å². The molecule has 1 aliphatic rings. The van der Waals surface area contributed by atoms with Crippen LogP contribution in [0.5, 0.6) is 0 Å². The summed E-state index contributed by atoms with van der Waals surface area (Å²) in [7, 11) is 0. The first-order valence-corrected chi connectivity index (χ1v) is 3.84. The Kier molecular flexibility index (Phi) is 4.27. The molecular weight excluding hydrogens is 209 g/mol. The van der Waals surface area contributed by atoms with Crippen LogP contribution in [-0.2, 0) is 9.53 Å². The van der Waals surface area contributed by atoms with Crippen molar-refractivity contribution >= 4 is 12.0 Å². The normalized spacial score (nSPS) is 19.6. The molecule has 1 aliphatic heterocycles. The second-order valence-corrected chi connectivity index (χ2v) is 2.69. The van der Waals surface area contributed by atoms with Gasteiger partial charge >= 0.3 is 57.5 Å². The van der Waals surface area contributed by atoms with E-state index >= 15 is 0 Å². The molecule has 0 bridgehead atoms. The third-order valence-corrected chi connectivity index (χ3v) is 1.79. The number of benzene rings is 1. The molecule has 1 unspecified atom stereocenters. The van der Waals surface area contributed by atoms with E-state index in [1.165, 1.54) is 0 Å². The molecule has 0 aliphatic carbocycles. The molecule has 0 radical (unpaired) electrons. The Balaban J connectivity index is 0.000000980. The number of hydrogen-bond donors (Lipinski definition) is 1. The molecule has 1 aromatic carbocycles. The number of rotatable bonds is 1. The molecule has 2 rings (SSSR count). The predicted molar refractivity (Wildman–Crippen MR) is 44.9 cm³/mol. The summed E-state index contributed by atoms with van der Waals surface area (Å²) in [5.74, 6) is -0.406. The first-order chi connectivity index (χ1) is 6.27. The van der Waals surface area contributed by atoms with E-state index < -0.39 is 18.1 Å². The molecule has 1 fully saturated rings. The van der Waals surface area contributed by atoms with E-state index in [0.29, 0.717) is 5.56 Å². The van der Waals surface area contributed by atoms with E-state index in [2.05, 4.69) is 5.32 Å². The minimum Gasteiger partial charge on any atom is -1.00 e. The number of amides is 2. The van der Waals surface area contributed by atoms with Crippen LogP contribution >= 0.6 is 0 Å². The summed E-state index contributed by atoms with van der Waals surface area (Å²) < 4.78 is 4.76. The Morgan fingerprint density at radius 1 is 1.21 bits per heavy atom. The molecule has 1 saturated heterocycles. The molecule has 5 heteroatoms. The van der Waals surface area contributed by atoms with E-state index in [1.807, 2.05) is 6.07 Å². The van der Waals surface area contributed by atoms with Crippen LogP contribution in [0.3, 0.4) is 0 Å². The van der Waals surface area contributed by atoms with Crippen molar-refractivity contribution < 1.29 is 67.1 Å². The van der Waals surface area contributed by atoms with Gasteiger partial charge in [0.15, 0.2) is 0 Å². The maximum atomic E-state index is 11.1. The molecule has 14 heavy (non-hydrogen) atoms. The summed E-state index contributed by atoms with van der Waals surface area (Å²) in [4.78, 5) is 21.8. The second kappa shape index (κ2) is 5.04. The van der Waals surface area contributed by atoms with Gasteiger partial charge in [0.05, 0.1) is 0 Å². The minimum atomic E-state index is -0.784. The molecule has 1 atom stereocenters. The van der Waals surface area contributed by atoms with Crippen molar-refractivity contribution in [2.45, 2.75) is 6.10 Å². The summed E-state index contributed by atoms with van der Waals surface area (Å²) >= 11 is 0. The quantitative estimate of drug-likeness (QED) is 0.560. The van der Waals surface area contributed by atoms with E-state index in [9.17, 15) is 9.59 Å². The standard InChI is InChI=1S/C9H7NO3.K.H/c11-8-7(13-9(12)10-8)6-4-2-1-3-5-6;;/h1-5,7H,(H,10,11,12);;/q;+1;-1. The van der Waals surface area contributed by atoms with Gasteiger partial charge in [0.25, 0.3) is 5.91 Å². The maximum absolute atomic E-state index is 11.1. The molecule has 1 aromatic rings. The summed E-state index contributed by atoms with van der Waals surface area (Å²) in [6, 6.07) is 8.88. The predicted octanol–water partition coefficient (Wildman–Crippen LogP) is -1.89. The van der Waals surface area contributed by atoms with Crippen LogP contribution in [0.25, 0.3) is 0 Å². The first kappa shape index (κ1) is 11.9. The van der Waals surface area contributed by atoms with Crippen molar-refractivity contribution in [3.8, 4) is 0 Å². The zero-order valence-corrected chi connectivity index (χ0v) is 10.8. The van der Waals surface area contributed by atoms with E-state index in [1.54, 1.807) is 24.3 Å². The smallest absolute Gasteiger partial charge is 1.00 e. The first-order valence-electron chi connectivity index (χ1n) is 3.84. The molecule has 4 nitrogen and oxygen atoms in total. The van der Waals surface area contributed by atoms with Gasteiger partial charge in [-0.3, -0.25) is 10.1 Å². The zero-order chi connectivity index (χ0) is 9.26. The van der Waals surface area contributed by atoms with Crippen LogP contribution in [0.1, 0.15) is 13.1 Å². The Hall–Kier alpha value is -0.204. The van der Waals surface area contributed by atoms with Crippen molar-refractivity contribution in [1.29, 1.82) is 0 Å². The Labute approximate surface area is 125 Å². The summed E-state index contributed by atoms with van der Waals surface area (Å²) in [5, 5.41) is 2.07. The third kappa shape index (κ3) is 2.43. The van der Waals surface area contributed by atoms with Crippen LogP contribution in [0.15, 0.2) is 30.3 Å². The molecule has 2 amide bonds. The number of ether oxygens (including phenoxy) is 1. The van der Waals surface area contributed by atoms with Gasteiger partial charge in [0.2, 0.25) is 6.10 Å². The number of carbonyl (C=O) groups is 2. The maximum Gasteiger partial charge on any atom is 1.00 e. The van der Waals surface area contributed by atoms with Gasteiger partial charge in [-0.05, 0) is 0 Å². The Morgan fingerprint density at radius 3 is 2.36 bits per heavy atom. The van der Waals surface area contributed by atoms with Crippen LogP contribution in [-0.4, -0.2) is 12.0 Å². The Bertz CT molecular complexity index is 358. The number of imide groups is 1. The molecule has 1 heterocycles. The Morgan fingerprint density at radius 2 is 1.86 bits per heavy atom. The number of hydrogen-bond acceptors (Lipinski definition) is 3. The molecule has 0 spiro atoms. The van der Waals surface area contributed by atoms with Gasteiger partial charge in [0, 0.05) is 5.56 Å². The van der Waals surface area contributed by atoms with Gasteiger partial charge in [0.1, 0.15) is 0 Å². The number of carbonyl (C=O) groups excluding carboxylic acids is 2. The molecule has 0 aromatic heterocycles. The fraction of sp³-hybridized carbons (Fsp3) is 0.111. The van der Waals surface area contributed by atoms with Gasteiger partial charge in [-0.2, -0.15) is 0 Å². The van der Waals surface area contributed by atoms with Gasteiger partial charge < -0.3 is 6.16 Å². The monoisotopic (exact) mass is 217 g/mol. The molecule has 68 valence electrons. The van der Waals surface area contributed by atoms with Gasteiger partial charge in [-0.25, -0.2) is 4.79 Å². The minimum absolute atomic E-state index is 0. The number of alkyl carbamates (subject to hydrolysis) is 1. The fourth-order valence-corrected chi connectivity index (χ4v) is 1.20. The van der Waals surface area contributed by atoms with E-state index in [-0.39, 0.29) is 52.8 Å². The molecule has 1 N–H and O–H groups in total. The average molecular weight is 217 g/mol. The zero-order valence-electron chi connectivity index (χ0n) is 8.69. The van der Waals surface area contributed by atoms with Crippen LogP contribution in [0, 0.1) is 0 Å².